The number of hydrogen-bond donors (Lipinski definition) is 1. The number of nitrogens with zero attached hydrogens (tertiary/aromatic N) is 1. The Labute approximate surface area is 85.9 Å². The van der Waals surface area contributed by atoms with Crippen LogP contribution in [-0.2, 0) is 0 Å². The van der Waals surface area contributed by atoms with Crippen LogP contribution in [0.1, 0.15) is 19.8 Å². The Morgan fingerprint density at radius 2 is 2.38 bits per heavy atom. The standard InChI is InChI=1S/C10H19ClN2/c1-8(11)7-13-5-4-10(12-3)6-9(13)2/h9-10,12H,1,4-7H2,2-3H3. The maximum atomic E-state index is 5.79. The zero-order valence-electron chi connectivity index (χ0n) is 8.52. The highest BCUT2D eigenvalue weighted by Gasteiger charge is 2.23. The van der Waals surface area contributed by atoms with Gasteiger partial charge in [-0.3, -0.25) is 4.90 Å². The predicted molar refractivity (Wildman–Crippen MR) is 58.1 cm³/mol. The normalized spacial score (nSPS) is 30.4. The van der Waals surface area contributed by atoms with Crippen molar-refractivity contribution >= 4 is 11.6 Å². The first-order chi connectivity index (χ1) is 6.13. The maximum Gasteiger partial charge on any atom is 0.0338 e. The van der Waals surface area contributed by atoms with Gasteiger partial charge < -0.3 is 5.32 Å². The van der Waals surface area contributed by atoms with Crippen molar-refractivity contribution in [1.29, 1.82) is 0 Å². The van der Waals surface area contributed by atoms with E-state index in [0.717, 1.165) is 18.1 Å². The zero-order valence-corrected chi connectivity index (χ0v) is 9.27. The van der Waals surface area contributed by atoms with Crippen molar-refractivity contribution in [3.05, 3.63) is 11.6 Å². The van der Waals surface area contributed by atoms with E-state index < -0.39 is 0 Å². The first-order valence-corrected chi connectivity index (χ1v) is 5.26. The van der Waals surface area contributed by atoms with Gasteiger partial charge in [-0.15, -0.1) is 0 Å². The minimum atomic E-state index is 0.613. The van der Waals surface area contributed by atoms with Crippen LogP contribution in [0.5, 0.6) is 0 Å². The van der Waals surface area contributed by atoms with Crippen LogP contribution in [0.2, 0.25) is 0 Å². The minimum Gasteiger partial charge on any atom is -0.317 e. The second kappa shape index (κ2) is 4.99. The Morgan fingerprint density at radius 1 is 1.69 bits per heavy atom. The molecule has 0 aliphatic carbocycles. The molecule has 0 radical (unpaired) electrons. The van der Waals surface area contributed by atoms with E-state index in [2.05, 4.69) is 23.7 Å². The molecule has 2 unspecified atom stereocenters. The first kappa shape index (κ1) is 11.0. The fraction of sp³-hybridized carbons (Fsp3) is 0.800. The average molecular weight is 203 g/mol. The highest BCUT2D eigenvalue weighted by atomic mass is 35.5. The summed E-state index contributed by atoms with van der Waals surface area (Å²) in [6.07, 6.45) is 2.42. The van der Waals surface area contributed by atoms with Gasteiger partial charge in [-0.2, -0.15) is 0 Å². The molecule has 1 saturated heterocycles. The summed E-state index contributed by atoms with van der Waals surface area (Å²) in [6, 6.07) is 1.29. The van der Waals surface area contributed by atoms with E-state index in [0.29, 0.717) is 12.1 Å². The summed E-state index contributed by atoms with van der Waals surface area (Å²) >= 11 is 5.79. The molecule has 0 amide bonds. The Kier molecular flexibility index (Phi) is 4.23. The molecule has 0 aromatic carbocycles. The molecule has 0 aromatic heterocycles. The lowest BCUT2D eigenvalue weighted by Crippen LogP contribution is -2.46. The molecule has 3 heteroatoms. The van der Waals surface area contributed by atoms with Crippen LogP contribution in [0.3, 0.4) is 0 Å². The molecule has 1 aliphatic rings. The van der Waals surface area contributed by atoms with Crippen molar-refractivity contribution < 1.29 is 0 Å². The zero-order chi connectivity index (χ0) is 9.84. The molecule has 1 aliphatic heterocycles. The Morgan fingerprint density at radius 3 is 2.85 bits per heavy atom. The van der Waals surface area contributed by atoms with E-state index in [-0.39, 0.29) is 0 Å². The van der Waals surface area contributed by atoms with Crippen molar-refractivity contribution in [3.8, 4) is 0 Å². The third-order valence-electron chi connectivity index (χ3n) is 2.80. The van der Waals surface area contributed by atoms with Crippen LogP contribution < -0.4 is 5.32 Å². The maximum absolute atomic E-state index is 5.79. The highest BCUT2D eigenvalue weighted by Crippen LogP contribution is 2.18. The number of likely N-dealkylation sites (tertiary alicyclic amines) is 1. The molecular formula is C10H19ClN2. The SMILES string of the molecule is C=C(Cl)CN1CCC(NC)CC1C. The molecule has 76 valence electrons. The van der Waals surface area contributed by atoms with E-state index >= 15 is 0 Å². The van der Waals surface area contributed by atoms with Gasteiger partial charge in [0.05, 0.1) is 0 Å². The number of hydrogen-bond acceptors (Lipinski definition) is 2. The van der Waals surface area contributed by atoms with E-state index in [1.807, 2.05) is 7.05 Å². The van der Waals surface area contributed by atoms with Gasteiger partial charge in [-0.25, -0.2) is 0 Å². The molecule has 1 heterocycles. The smallest absolute Gasteiger partial charge is 0.0338 e. The lowest BCUT2D eigenvalue weighted by Gasteiger charge is -2.37. The van der Waals surface area contributed by atoms with Crippen LogP contribution in [-0.4, -0.2) is 37.1 Å². The van der Waals surface area contributed by atoms with Crippen LogP contribution >= 0.6 is 11.6 Å². The molecule has 0 spiro atoms. The van der Waals surface area contributed by atoms with Gasteiger partial charge in [0, 0.05) is 30.2 Å². The van der Waals surface area contributed by atoms with Crippen LogP contribution in [0, 0.1) is 0 Å². The Balaban J connectivity index is 2.39. The second-order valence-corrected chi connectivity index (χ2v) is 4.38. The van der Waals surface area contributed by atoms with Crippen molar-refractivity contribution in [2.75, 3.05) is 20.1 Å². The van der Waals surface area contributed by atoms with E-state index in [1.54, 1.807) is 0 Å². The second-order valence-electron chi connectivity index (χ2n) is 3.85. The van der Waals surface area contributed by atoms with Gasteiger partial charge in [0.25, 0.3) is 0 Å². The number of nitrogens with one attached hydrogen (secondary N) is 1. The molecule has 2 atom stereocenters. The average Bonchev–Trinajstić information content (AvgIpc) is 2.08. The summed E-state index contributed by atoms with van der Waals surface area (Å²) in [5.74, 6) is 0. The molecule has 0 bridgehead atoms. The van der Waals surface area contributed by atoms with Gasteiger partial charge in [0.15, 0.2) is 0 Å². The largest absolute Gasteiger partial charge is 0.317 e. The quantitative estimate of drug-likeness (QED) is 0.751. The van der Waals surface area contributed by atoms with Crippen molar-refractivity contribution in [2.24, 2.45) is 0 Å². The summed E-state index contributed by atoms with van der Waals surface area (Å²) < 4.78 is 0. The molecule has 13 heavy (non-hydrogen) atoms. The summed E-state index contributed by atoms with van der Waals surface area (Å²) in [6.45, 7) is 7.94. The molecule has 0 aromatic rings. The lowest BCUT2D eigenvalue weighted by atomic mass is 9.98. The van der Waals surface area contributed by atoms with Gasteiger partial charge in [-0.1, -0.05) is 18.2 Å². The fourth-order valence-electron chi connectivity index (χ4n) is 1.94. The molecular weight excluding hydrogens is 184 g/mol. The third-order valence-corrected chi connectivity index (χ3v) is 2.92. The van der Waals surface area contributed by atoms with Gasteiger partial charge >= 0.3 is 0 Å². The monoisotopic (exact) mass is 202 g/mol. The summed E-state index contributed by atoms with van der Waals surface area (Å²) in [5.41, 5.74) is 0. The van der Waals surface area contributed by atoms with Crippen LogP contribution in [0.15, 0.2) is 11.6 Å². The topological polar surface area (TPSA) is 15.3 Å². The van der Waals surface area contributed by atoms with Gasteiger partial charge in [-0.05, 0) is 26.8 Å². The van der Waals surface area contributed by atoms with Crippen molar-refractivity contribution in [1.82, 2.24) is 10.2 Å². The summed E-state index contributed by atoms with van der Waals surface area (Å²) in [5, 5.41) is 4.07. The van der Waals surface area contributed by atoms with Crippen molar-refractivity contribution in [2.45, 2.75) is 31.8 Å². The third kappa shape index (κ3) is 3.29. The van der Waals surface area contributed by atoms with E-state index in [9.17, 15) is 0 Å². The Bertz CT molecular complexity index is 182. The lowest BCUT2D eigenvalue weighted by molar-refractivity contribution is 0.153. The summed E-state index contributed by atoms with van der Waals surface area (Å²) in [7, 11) is 2.04. The molecule has 2 nitrogen and oxygen atoms in total. The number of piperidine rings is 1. The molecule has 1 fully saturated rings. The Hall–Kier alpha value is -0.0500. The van der Waals surface area contributed by atoms with E-state index in [1.165, 1.54) is 12.8 Å². The van der Waals surface area contributed by atoms with E-state index in [4.69, 9.17) is 11.6 Å². The van der Waals surface area contributed by atoms with Gasteiger partial charge in [0.2, 0.25) is 0 Å². The first-order valence-electron chi connectivity index (χ1n) is 4.88. The highest BCUT2D eigenvalue weighted by molar-refractivity contribution is 6.29. The fourth-order valence-corrected chi connectivity index (χ4v) is 2.09. The molecule has 1 N–H and O–H groups in total. The number of halogens is 1. The van der Waals surface area contributed by atoms with Crippen LogP contribution in [0.4, 0.5) is 0 Å². The van der Waals surface area contributed by atoms with Crippen LogP contribution in [0.25, 0.3) is 0 Å². The molecule has 0 saturated carbocycles. The minimum absolute atomic E-state index is 0.613. The van der Waals surface area contributed by atoms with Gasteiger partial charge in [0.1, 0.15) is 0 Å². The molecule has 1 rings (SSSR count). The van der Waals surface area contributed by atoms with Crippen molar-refractivity contribution in [3.63, 3.8) is 0 Å². The number of rotatable bonds is 3. The summed E-state index contributed by atoms with van der Waals surface area (Å²) in [4.78, 5) is 2.39. The predicted octanol–water partition coefficient (Wildman–Crippen LogP) is 1.81.